The van der Waals surface area contributed by atoms with Gasteiger partial charge in [0.1, 0.15) is 0 Å². The van der Waals surface area contributed by atoms with E-state index in [2.05, 4.69) is 0 Å². The van der Waals surface area contributed by atoms with E-state index in [4.69, 9.17) is 5.11 Å². The molecule has 0 aromatic carbocycles. The first-order chi connectivity index (χ1) is 5.43. The number of carbonyl (C=O) groups is 1. The lowest BCUT2D eigenvalue weighted by molar-refractivity contribution is -0.142. The molecule has 1 aliphatic heterocycles. The second-order valence-electron chi connectivity index (χ2n) is 3.24. The first-order valence-electron chi connectivity index (χ1n) is 3.88. The molecule has 2 atom stereocenters. The van der Waals surface area contributed by atoms with E-state index in [9.17, 15) is 13.2 Å². The minimum absolute atomic E-state index is 0.0190. The van der Waals surface area contributed by atoms with Gasteiger partial charge in [0.05, 0.1) is 16.9 Å². The lowest BCUT2D eigenvalue weighted by Crippen LogP contribution is -2.34. The topological polar surface area (TPSA) is 71.4 Å². The van der Waals surface area contributed by atoms with Crippen LogP contribution in [0.1, 0.15) is 19.8 Å². The number of hydrogen-bond acceptors (Lipinski definition) is 3. The average molecular weight is 192 g/mol. The fourth-order valence-corrected chi connectivity index (χ4v) is 2.94. The summed E-state index contributed by atoms with van der Waals surface area (Å²) in [5.74, 6) is -1.33. The Balaban J connectivity index is 2.71. The van der Waals surface area contributed by atoms with Gasteiger partial charge in [-0.3, -0.25) is 4.79 Å². The van der Waals surface area contributed by atoms with E-state index < -0.39 is 27.0 Å². The second kappa shape index (κ2) is 3.05. The molecule has 0 aromatic heterocycles. The van der Waals surface area contributed by atoms with Crippen molar-refractivity contribution >= 4 is 15.8 Å². The Labute approximate surface area is 71.5 Å². The van der Waals surface area contributed by atoms with E-state index in [-0.39, 0.29) is 18.6 Å². The largest absolute Gasteiger partial charge is 0.481 e. The summed E-state index contributed by atoms with van der Waals surface area (Å²) in [5, 5.41) is 8.14. The summed E-state index contributed by atoms with van der Waals surface area (Å²) >= 11 is 0. The van der Waals surface area contributed by atoms with Crippen LogP contribution in [-0.2, 0) is 14.6 Å². The lowest BCUT2D eigenvalue weighted by atomic mass is 10.0. The highest BCUT2D eigenvalue weighted by Crippen LogP contribution is 2.24. The number of carboxylic acid groups (broad SMARTS) is 1. The summed E-state index contributed by atoms with van der Waals surface area (Å²) in [7, 11) is -2.99. The van der Waals surface area contributed by atoms with Gasteiger partial charge in [-0.2, -0.15) is 0 Å². The molecule has 4 nitrogen and oxygen atoms in total. The Morgan fingerprint density at radius 3 is 2.50 bits per heavy atom. The van der Waals surface area contributed by atoms with E-state index >= 15 is 0 Å². The van der Waals surface area contributed by atoms with Crippen LogP contribution in [0.4, 0.5) is 0 Å². The van der Waals surface area contributed by atoms with Gasteiger partial charge in [0.15, 0.2) is 9.84 Å². The number of carboxylic acids is 1. The van der Waals surface area contributed by atoms with Crippen LogP contribution in [0.3, 0.4) is 0 Å². The first kappa shape index (κ1) is 9.51. The maximum atomic E-state index is 11.2. The van der Waals surface area contributed by atoms with Crippen molar-refractivity contribution in [3.05, 3.63) is 0 Å². The van der Waals surface area contributed by atoms with Crippen molar-refractivity contribution in [3.63, 3.8) is 0 Å². The summed E-state index contributed by atoms with van der Waals surface area (Å²) < 4.78 is 22.3. The Morgan fingerprint density at radius 2 is 2.08 bits per heavy atom. The minimum atomic E-state index is -2.99. The molecule has 12 heavy (non-hydrogen) atoms. The molecule has 0 amide bonds. The van der Waals surface area contributed by atoms with E-state index in [1.54, 1.807) is 6.92 Å². The third-order valence-corrected chi connectivity index (χ3v) is 4.55. The molecule has 1 saturated heterocycles. The Kier molecular flexibility index (Phi) is 2.41. The summed E-state index contributed by atoms with van der Waals surface area (Å²) in [5.41, 5.74) is 0. The fourth-order valence-electron chi connectivity index (χ4n) is 1.40. The third kappa shape index (κ3) is 1.77. The molecule has 1 N–H and O–H groups in total. The maximum absolute atomic E-state index is 11.2. The molecule has 0 radical (unpaired) electrons. The Bertz CT molecular complexity index is 280. The van der Waals surface area contributed by atoms with E-state index in [0.717, 1.165) is 0 Å². The molecule has 1 aliphatic rings. The zero-order valence-electron chi connectivity index (χ0n) is 6.86. The summed E-state index contributed by atoms with van der Waals surface area (Å²) in [6.45, 7) is 1.57. The van der Waals surface area contributed by atoms with Gasteiger partial charge in [-0.1, -0.05) is 0 Å². The van der Waals surface area contributed by atoms with Crippen LogP contribution < -0.4 is 0 Å². The highest BCUT2D eigenvalue weighted by molar-refractivity contribution is 7.92. The average Bonchev–Trinajstić information content (AvgIpc) is 1.94. The van der Waals surface area contributed by atoms with Gasteiger partial charge in [-0.25, -0.2) is 8.42 Å². The first-order valence-corrected chi connectivity index (χ1v) is 5.59. The van der Waals surface area contributed by atoms with Crippen LogP contribution in [0.25, 0.3) is 0 Å². The molecule has 1 heterocycles. The van der Waals surface area contributed by atoms with Gasteiger partial charge in [0.2, 0.25) is 0 Å². The van der Waals surface area contributed by atoms with Gasteiger partial charge >= 0.3 is 5.97 Å². The molecule has 5 heteroatoms. The molecule has 0 aliphatic carbocycles. The molecule has 0 bridgehead atoms. The minimum Gasteiger partial charge on any atom is -0.481 e. The third-order valence-electron chi connectivity index (χ3n) is 2.33. The zero-order valence-corrected chi connectivity index (χ0v) is 7.67. The van der Waals surface area contributed by atoms with Gasteiger partial charge in [0.25, 0.3) is 0 Å². The van der Waals surface area contributed by atoms with Crippen LogP contribution in [0.2, 0.25) is 0 Å². The summed E-state index contributed by atoms with van der Waals surface area (Å²) in [4.78, 5) is 10.5. The number of hydrogen-bond donors (Lipinski definition) is 1. The van der Waals surface area contributed by atoms with Gasteiger partial charge in [-0.15, -0.1) is 0 Å². The lowest BCUT2D eigenvalue weighted by Gasteiger charge is -2.23. The molecular weight excluding hydrogens is 180 g/mol. The standard InChI is InChI=1S/C7H12O4S/c1-5-4-6(7(8)9)2-3-12(5,10)11/h5-6H,2-4H2,1H3,(H,8,9)/t5-,6-/m1/s1. The monoisotopic (exact) mass is 192 g/mol. The van der Waals surface area contributed by atoms with Crippen LogP contribution in [0, 0.1) is 5.92 Å². The number of sulfone groups is 1. The fraction of sp³-hybridized carbons (Fsp3) is 0.857. The van der Waals surface area contributed by atoms with Crippen LogP contribution >= 0.6 is 0 Å². The van der Waals surface area contributed by atoms with E-state index in [1.807, 2.05) is 0 Å². The Morgan fingerprint density at radius 1 is 1.50 bits per heavy atom. The molecule has 0 spiro atoms. The van der Waals surface area contributed by atoms with Crippen LogP contribution in [0.15, 0.2) is 0 Å². The predicted molar refractivity (Wildman–Crippen MR) is 43.6 cm³/mol. The smallest absolute Gasteiger partial charge is 0.306 e. The van der Waals surface area contributed by atoms with Crippen molar-refractivity contribution in [2.45, 2.75) is 25.0 Å². The van der Waals surface area contributed by atoms with Crippen molar-refractivity contribution in [2.75, 3.05) is 5.75 Å². The highest BCUT2D eigenvalue weighted by Gasteiger charge is 2.33. The van der Waals surface area contributed by atoms with E-state index in [0.29, 0.717) is 0 Å². The number of aliphatic carboxylic acids is 1. The van der Waals surface area contributed by atoms with Crippen molar-refractivity contribution in [2.24, 2.45) is 5.92 Å². The molecule has 70 valence electrons. The predicted octanol–water partition coefficient (Wildman–Crippen LogP) is 0.284. The molecule has 0 unspecified atom stereocenters. The zero-order chi connectivity index (χ0) is 9.35. The molecule has 1 fully saturated rings. The normalized spacial score (nSPS) is 34.4. The molecule has 0 aromatic rings. The highest BCUT2D eigenvalue weighted by atomic mass is 32.2. The summed E-state index contributed by atoms with van der Waals surface area (Å²) in [6, 6.07) is 0. The van der Waals surface area contributed by atoms with Crippen LogP contribution in [0.5, 0.6) is 0 Å². The Hall–Kier alpha value is -0.580. The van der Waals surface area contributed by atoms with Gasteiger partial charge in [-0.05, 0) is 19.8 Å². The molecular formula is C7H12O4S. The molecule has 1 rings (SSSR count). The quantitative estimate of drug-likeness (QED) is 0.648. The van der Waals surface area contributed by atoms with Crippen molar-refractivity contribution in [3.8, 4) is 0 Å². The second-order valence-corrected chi connectivity index (χ2v) is 5.78. The summed E-state index contributed by atoms with van der Waals surface area (Å²) in [6.07, 6.45) is 0.527. The number of rotatable bonds is 1. The van der Waals surface area contributed by atoms with E-state index in [1.165, 1.54) is 0 Å². The van der Waals surface area contributed by atoms with Crippen molar-refractivity contribution in [1.29, 1.82) is 0 Å². The van der Waals surface area contributed by atoms with Crippen molar-refractivity contribution in [1.82, 2.24) is 0 Å². The SMILES string of the molecule is C[C@@H]1C[C@H](C(=O)O)CCS1(=O)=O. The maximum Gasteiger partial charge on any atom is 0.306 e. The van der Waals surface area contributed by atoms with Gasteiger partial charge in [0, 0.05) is 0 Å². The van der Waals surface area contributed by atoms with Gasteiger partial charge < -0.3 is 5.11 Å². The van der Waals surface area contributed by atoms with Crippen LogP contribution in [-0.4, -0.2) is 30.5 Å². The molecule has 0 saturated carbocycles. The van der Waals surface area contributed by atoms with Crippen molar-refractivity contribution < 1.29 is 18.3 Å².